The molecule has 25 heavy (non-hydrogen) atoms. The van der Waals surface area contributed by atoms with Crippen LogP contribution in [0.2, 0.25) is 0 Å². The van der Waals surface area contributed by atoms with Crippen LogP contribution in [0, 0.1) is 11.3 Å². The van der Waals surface area contributed by atoms with Gasteiger partial charge in [0.15, 0.2) is 0 Å². The average molecular weight is 349 g/mol. The Kier molecular flexibility index (Phi) is 5.56. The van der Waals surface area contributed by atoms with Crippen molar-refractivity contribution in [3.63, 3.8) is 0 Å². The maximum Gasteiger partial charge on any atom is 0.248 e. The van der Waals surface area contributed by atoms with Gasteiger partial charge >= 0.3 is 0 Å². The summed E-state index contributed by atoms with van der Waals surface area (Å²) >= 11 is 0. The topological polar surface area (TPSA) is 75.1 Å². The van der Waals surface area contributed by atoms with Crippen molar-refractivity contribution in [2.75, 3.05) is 53.6 Å². The van der Waals surface area contributed by atoms with Crippen molar-refractivity contribution in [1.82, 2.24) is 14.8 Å². The molecule has 3 heterocycles. The maximum atomic E-state index is 12.2. The van der Waals surface area contributed by atoms with Gasteiger partial charge in [0.25, 0.3) is 0 Å². The van der Waals surface area contributed by atoms with E-state index >= 15 is 0 Å². The van der Waals surface area contributed by atoms with E-state index in [2.05, 4.69) is 9.88 Å². The van der Waals surface area contributed by atoms with E-state index in [4.69, 9.17) is 9.47 Å². The number of carbonyl (C=O) groups is 1. The Hall–Kier alpha value is -1.70. The summed E-state index contributed by atoms with van der Waals surface area (Å²) in [5.41, 5.74) is 0.705. The van der Waals surface area contributed by atoms with Gasteiger partial charge in [-0.15, -0.1) is 0 Å². The van der Waals surface area contributed by atoms with Crippen LogP contribution >= 0.6 is 0 Å². The number of aromatic nitrogens is 1. The van der Waals surface area contributed by atoms with Crippen molar-refractivity contribution in [2.45, 2.75) is 13.0 Å². The summed E-state index contributed by atoms with van der Waals surface area (Å²) in [6.07, 6.45) is 0.974. The summed E-state index contributed by atoms with van der Waals surface area (Å²) in [5.74, 6) is 0.958. The number of ether oxygens (including phenoxy) is 2. The van der Waals surface area contributed by atoms with Crippen molar-refractivity contribution < 1.29 is 19.4 Å². The van der Waals surface area contributed by atoms with Gasteiger partial charge in [-0.25, -0.2) is 4.98 Å². The molecule has 0 aliphatic carbocycles. The smallest absolute Gasteiger partial charge is 0.248 e. The second-order valence-electron chi connectivity index (χ2n) is 7.10. The van der Waals surface area contributed by atoms with Crippen molar-refractivity contribution in [3.8, 4) is 5.88 Å². The van der Waals surface area contributed by atoms with Gasteiger partial charge in [0, 0.05) is 44.8 Å². The molecule has 1 N–H and O–H groups in total. The number of pyridine rings is 1. The Morgan fingerprint density at radius 2 is 2.24 bits per heavy atom. The van der Waals surface area contributed by atoms with E-state index < -0.39 is 0 Å². The zero-order valence-electron chi connectivity index (χ0n) is 15.0. The number of fused-ring (bicyclic) bond motifs is 1. The summed E-state index contributed by atoms with van der Waals surface area (Å²) in [4.78, 5) is 20.8. The van der Waals surface area contributed by atoms with Crippen molar-refractivity contribution in [2.24, 2.45) is 11.3 Å². The summed E-state index contributed by atoms with van der Waals surface area (Å²) in [7, 11) is 3.15. The number of amides is 1. The van der Waals surface area contributed by atoms with Crippen molar-refractivity contribution in [3.05, 3.63) is 23.9 Å². The van der Waals surface area contributed by atoms with Crippen molar-refractivity contribution >= 4 is 5.91 Å². The molecule has 2 aliphatic rings. The number of piperidine rings is 1. The average Bonchev–Trinajstić information content (AvgIpc) is 3.02. The molecule has 0 radical (unpaired) electrons. The van der Waals surface area contributed by atoms with E-state index in [9.17, 15) is 9.90 Å². The van der Waals surface area contributed by atoms with Crippen LogP contribution in [-0.2, 0) is 16.1 Å². The highest BCUT2D eigenvalue weighted by Gasteiger charge is 2.50. The fraction of sp³-hybridized carbons (Fsp3) is 0.667. The Morgan fingerprint density at radius 3 is 2.96 bits per heavy atom. The van der Waals surface area contributed by atoms with Crippen LogP contribution in [0.15, 0.2) is 18.2 Å². The molecular formula is C18H27N3O4. The van der Waals surface area contributed by atoms with Gasteiger partial charge in [0.05, 0.1) is 19.4 Å². The van der Waals surface area contributed by atoms with Crippen LogP contribution in [0.4, 0.5) is 0 Å². The normalized spacial score (nSPS) is 26.5. The molecule has 2 saturated heterocycles. The standard InChI is InChI=1S/C18H27N3O4/c1-24-10-17(23)21-8-14-6-7-20(11-18(14,12-21)13-22)9-15-4-3-5-16(19-15)25-2/h3-5,14,22H,6-13H2,1-2H3/t14-,18+/m0/s1. The van der Waals surface area contributed by atoms with Crippen LogP contribution < -0.4 is 4.74 Å². The third-order valence-corrected chi connectivity index (χ3v) is 5.46. The lowest BCUT2D eigenvalue weighted by Crippen LogP contribution is -2.50. The summed E-state index contributed by atoms with van der Waals surface area (Å²) in [5, 5.41) is 10.1. The van der Waals surface area contributed by atoms with E-state index in [-0.39, 0.29) is 24.5 Å². The highest BCUT2D eigenvalue weighted by atomic mass is 16.5. The van der Waals surface area contributed by atoms with Gasteiger partial charge < -0.3 is 19.5 Å². The second-order valence-corrected chi connectivity index (χ2v) is 7.10. The quantitative estimate of drug-likeness (QED) is 0.800. The predicted octanol–water partition coefficient (Wildman–Crippen LogP) is 0.379. The molecule has 2 atom stereocenters. The fourth-order valence-corrected chi connectivity index (χ4v) is 4.13. The van der Waals surface area contributed by atoms with Gasteiger partial charge in [0.2, 0.25) is 11.8 Å². The molecule has 0 saturated carbocycles. The minimum absolute atomic E-state index is 0.00531. The van der Waals surface area contributed by atoms with Crippen LogP contribution in [0.25, 0.3) is 0 Å². The first kappa shape index (κ1) is 18.1. The van der Waals surface area contributed by atoms with Gasteiger partial charge in [-0.1, -0.05) is 6.07 Å². The summed E-state index contributed by atoms with van der Waals surface area (Å²) < 4.78 is 10.2. The van der Waals surface area contributed by atoms with E-state index in [1.807, 2.05) is 23.1 Å². The molecule has 1 aromatic heterocycles. The molecule has 0 aromatic carbocycles. The van der Waals surface area contributed by atoms with Gasteiger partial charge in [-0.05, 0) is 24.9 Å². The van der Waals surface area contributed by atoms with Crippen LogP contribution in [-0.4, -0.2) is 79.4 Å². The van der Waals surface area contributed by atoms with Crippen molar-refractivity contribution in [1.29, 1.82) is 0 Å². The number of nitrogens with zero attached hydrogens (tertiary/aromatic N) is 3. The number of rotatable bonds is 6. The zero-order valence-corrected chi connectivity index (χ0v) is 15.0. The SMILES string of the molecule is COCC(=O)N1C[C@@H]2CCN(Cc3cccc(OC)n3)C[C@]2(CO)C1. The van der Waals surface area contributed by atoms with Crippen LogP contribution in [0.1, 0.15) is 12.1 Å². The molecule has 2 aliphatic heterocycles. The van der Waals surface area contributed by atoms with Crippen LogP contribution in [0.5, 0.6) is 5.88 Å². The monoisotopic (exact) mass is 349 g/mol. The molecule has 1 amide bonds. The number of hydrogen-bond acceptors (Lipinski definition) is 6. The van der Waals surface area contributed by atoms with E-state index in [1.165, 1.54) is 7.11 Å². The maximum absolute atomic E-state index is 12.2. The first-order chi connectivity index (χ1) is 12.1. The molecule has 1 aromatic rings. The van der Waals surface area contributed by atoms with Gasteiger partial charge in [-0.3, -0.25) is 9.69 Å². The second kappa shape index (κ2) is 7.68. The van der Waals surface area contributed by atoms with E-state index in [0.717, 1.165) is 31.7 Å². The Morgan fingerprint density at radius 1 is 1.40 bits per heavy atom. The number of aliphatic hydroxyl groups is 1. The third kappa shape index (κ3) is 3.78. The molecule has 2 fully saturated rings. The molecule has 0 spiro atoms. The molecule has 7 heteroatoms. The lowest BCUT2D eigenvalue weighted by molar-refractivity contribution is -0.134. The summed E-state index contributed by atoms with van der Waals surface area (Å²) in [6, 6.07) is 5.76. The van der Waals surface area contributed by atoms with Gasteiger partial charge in [0.1, 0.15) is 6.61 Å². The predicted molar refractivity (Wildman–Crippen MR) is 92.1 cm³/mol. The number of carbonyl (C=O) groups excluding carboxylic acids is 1. The number of aliphatic hydroxyl groups excluding tert-OH is 1. The minimum atomic E-state index is -0.249. The lowest BCUT2D eigenvalue weighted by atomic mass is 9.74. The molecule has 3 rings (SSSR count). The molecule has 7 nitrogen and oxygen atoms in total. The Bertz CT molecular complexity index is 612. The number of methoxy groups -OCH3 is 2. The molecule has 0 unspecified atom stereocenters. The highest BCUT2D eigenvalue weighted by molar-refractivity contribution is 5.77. The van der Waals surface area contributed by atoms with E-state index in [1.54, 1.807) is 7.11 Å². The highest BCUT2D eigenvalue weighted by Crippen LogP contribution is 2.42. The number of likely N-dealkylation sites (tertiary alicyclic amines) is 2. The lowest BCUT2D eigenvalue weighted by Gasteiger charge is -2.42. The van der Waals surface area contributed by atoms with E-state index in [0.29, 0.717) is 24.9 Å². The minimum Gasteiger partial charge on any atom is -0.481 e. The number of hydrogen-bond donors (Lipinski definition) is 1. The van der Waals surface area contributed by atoms with Gasteiger partial charge in [-0.2, -0.15) is 0 Å². The third-order valence-electron chi connectivity index (χ3n) is 5.46. The summed E-state index contributed by atoms with van der Waals surface area (Å²) in [6.45, 7) is 3.94. The first-order valence-electron chi connectivity index (χ1n) is 8.70. The zero-order chi connectivity index (χ0) is 17.9. The molecular weight excluding hydrogens is 322 g/mol. The Balaban J connectivity index is 1.68. The largest absolute Gasteiger partial charge is 0.481 e. The van der Waals surface area contributed by atoms with Crippen LogP contribution in [0.3, 0.4) is 0 Å². The first-order valence-corrected chi connectivity index (χ1v) is 8.70. The molecule has 0 bridgehead atoms. The Labute approximate surface area is 148 Å². The molecule has 138 valence electrons. The fourth-order valence-electron chi connectivity index (χ4n) is 4.13.